The monoisotopic (exact) mass is 252 g/mol. The lowest BCUT2D eigenvalue weighted by Crippen LogP contribution is -2.32. The van der Waals surface area contributed by atoms with Crippen molar-refractivity contribution in [3.8, 4) is 0 Å². The third-order valence-corrected chi connectivity index (χ3v) is 4.60. The van der Waals surface area contributed by atoms with Gasteiger partial charge in [-0.3, -0.25) is 4.79 Å². The second kappa shape index (κ2) is 5.63. The zero-order chi connectivity index (χ0) is 12.3. The molecular formula is C13H20N2OS. The van der Waals surface area contributed by atoms with Crippen molar-refractivity contribution in [3.05, 3.63) is 10.6 Å². The molecule has 4 heteroatoms. The molecule has 0 aliphatic heterocycles. The number of aromatic nitrogens is 1. The Kier molecular flexibility index (Phi) is 4.15. The van der Waals surface area contributed by atoms with Gasteiger partial charge >= 0.3 is 0 Å². The molecule has 1 heterocycles. The zero-order valence-electron chi connectivity index (χ0n) is 10.6. The Balaban J connectivity index is 2.11. The fourth-order valence-electron chi connectivity index (χ4n) is 2.16. The predicted octanol–water partition coefficient (Wildman–Crippen LogP) is 3.14. The van der Waals surface area contributed by atoms with E-state index in [0.29, 0.717) is 0 Å². The Bertz CT molecular complexity index is 385. The molecule has 1 fully saturated rings. The fraction of sp³-hybridized carbons (Fsp3) is 0.692. The fourth-order valence-corrected chi connectivity index (χ4v) is 3.20. The first-order valence-corrected chi connectivity index (χ1v) is 7.29. The number of hydrogen-bond acceptors (Lipinski definition) is 4. The second-order valence-corrected chi connectivity index (χ2v) is 5.62. The van der Waals surface area contributed by atoms with Crippen LogP contribution in [0.4, 0.5) is 5.13 Å². The van der Waals surface area contributed by atoms with Crippen LogP contribution in [0.25, 0.3) is 0 Å². The zero-order valence-corrected chi connectivity index (χ0v) is 11.4. The number of rotatable bonds is 6. The highest BCUT2D eigenvalue weighted by Crippen LogP contribution is 2.31. The number of aldehydes is 1. The summed E-state index contributed by atoms with van der Waals surface area (Å²) in [5.41, 5.74) is 0.951. The minimum atomic E-state index is 0.801. The maximum absolute atomic E-state index is 11.0. The molecule has 3 nitrogen and oxygen atoms in total. The molecule has 0 unspecified atom stereocenters. The van der Waals surface area contributed by atoms with E-state index in [1.54, 1.807) is 11.3 Å². The minimum absolute atomic E-state index is 0.801. The molecule has 17 heavy (non-hydrogen) atoms. The lowest BCUT2D eigenvalue weighted by atomic mass is 9.85. The molecule has 1 aliphatic rings. The summed E-state index contributed by atoms with van der Waals surface area (Å²) in [4.78, 5) is 18.7. The molecular weight excluding hydrogens is 232 g/mol. The van der Waals surface area contributed by atoms with Crippen molar-refractivity contribution in [1.29, 1.82) is 0 Å². The van der Waals surface area contributed by atoms with E-state index in [-0.39, 0.29) is 0 Å². The first-order valence-electron chi connectivity index (χ1n) is 6.48. The topological polar surface area (TPSA) is 33.2 Å². The summed E-state index contributed by atoms with van der Waals surface area (Å²) < 4.78 is 0. The molecule has 2 rings (SSSR count). The molecule has 0 radical (unpaired) electrons. The minimum Gasteiger partial charge on any atom is -0.348 e. The number of anilines is 1. The number of hydrogen-bond donors (Lipinski definition) is 0. The van der Waals surface area contributed by atoms with Crippen LogP contribution in [-0.4, -0.2) is 24.4 Å². The molecule has 94 valence electrons. The molecule has 0 N–H and O–H groups in total. The van der Waals surface area contributed by atoms with Crippen LogP contribution in [0.3, 0.4) is 0 Å². The number of aryl methyl sites for hydroxylation is 1. The van der Waals surface area contributed by atoms with Crippen LogP contribution in [0.5, 0.6) is 0 Å². The number of carbonyl (C=O) groups excluding carboxylic acids is 1. The number of thiazole rings is 1. The Morgan fingerprint density at radius 2 is 2.24 bits per heavy atom. The standard InChI is InChI=1S/C13H20N2OS/c1-3-11-12(9-16)17-13(14-11)15(4-2)8-10-6-5-7-10/h9-10H,3-8H2,1-2H3. The van der Waals surface area contributed by atoms with Crippen LogP contribution in [0.1, 0.15) is 48.5 Å². The molecule has 0 atom stereocenters. The summed E-state index contributed by atoms with van der Waals surface area (Å²) in [5.74, 6) is 0.837. The molecule has 1 aromatic heterocycles. The third kappa shape index (κ3) is 2.68. The van der Waals surface area contributed by atoms with Gasteiger partial charge in [0.05, 0.1) is 10.6 Å². The Hall–Kier alpha value is -0.900. The van der Waals surface area contributed by atoms with Crippen LogP contribution < -0.4 is 4.90 Å². The third-order valence-electron chi connectivity index (χ3n) is 3.51. The average molecular weight is 252 g/mol. The maximum Gasteiger partial charge on any atom is 0.186 e. The van der Waals surface area contributed by atoms with Gasteiger partial charge in [0.15, 0.2) is 11.4 Å². The van der Waals surface area contributed by atoms with Crippen molar-refractivity contribution in [2.75, 3.05) is 18.0 Å². The van der Waals surface area contributed by atoms with E-state index in [9.17, 15) is 4.79 Å². The highest BCUT2D eigenvalue weighted by Gasteiger charge is 2.22. The van der Waals surface area contributed by atoms with E-state index >= 15 is 0 Å². The van der Waals surface area contributed by atoms with E-state index in [1.807, 2.05) is 6.92 Å². The number of carbonyl (C=O) groups is 1. The van der Waals surface area contributed by atoms with Gasteiger partial charge < -0.3 is 4.90 Å². The Labute approximate surface area is 107 Å². The van der Waals surface area contributed by atoms with Crippen molar-refractivity contribution in [2.45, 2.75) is 39.5 Å². The first-order chi connectivity index (χ1) is 8.28. The van der Waals surface area contributed by atoms with Gasteiger partial charge in [0.25, 0.3) is 0 Å². The molecule has 0 aromatic carbocycles. The van der Waals surface area contributed by atoms with Crippen LogP contribution in [0, 0.1) is 5.92 Å². The van der Waals surface area contributed by atoms with Gasteiger partial charge in [-0.1, -0.05) is 24.7 Å². The summed E-state index contributed by atoms with van der Waals surface area (Å²) in [6.07, 6.45) is 5.86. The normalized spacial score (nSPS) is 15.6. The van der Waals surface area contributed by atoms with Gasteiger partial charge in [-0.2, -0.15) is 0 Å². The van der Waals surface area contributed by atoms with Crippen LogP contribution in [0.15, 0.2) is 0 Å². The van der Waals surface area contributed by atoms with Crippen LogP contribution >= 0.6 is 11.3 Å². The molecule has 1 saturated carbocycles. The summed E-state index contributed by atoms with van der Waals surface area (Å²) in [6, 6.07) is 0. The smallest absolute Gasteiger partial charge is 0.186 e. The first kappa shape index (κ1) is 12.6. The van der Waals surface area contributed by atoms with Gasteiger partial charge in [0.2, 0.25) is 0 Å². The lowest BCUT2D eigenvalue weighted by Gasteiger charge is -2.31. The molecule has 1 aromatic rings. The van der Waals surface area contributed by atoms with E-state index < -0.39 is 0 Å². The SMILES string of the molecule is CCc1nc(N(CC)CC2CCC2)sc1C=O. The number of nitrogens with zero attached hydrogens (tertiary/aromatic N) is 2. The van der Waals surface area contributed by atoms with Gasteiger partial charge in [-0.25, -0.2) is 4.98 Å². The van der Waals surface area contributed by atoms with E-state index in [1.165, 1.54) is 19.3 Å². The molecule has 0 amide bonds. The van der Waals surface area contributed by atoms with Crippen LogP contribution in [-0.2, 0) is 6.42 Å². The Morgan fingerprint density at radius 1 is 1.47 bits per heavy atom. The van der Waals surface area contributed by atoms with Gasteiger partial charge in [0, 0.05) is 13.1 Å². The predicted molar refractivity (Wildman–Crippen MR) is 72.1 cm³/mol. The molecule has 0 spiro atoms. The maximum atomic E-state index is 11.0. The van der Waals surface area contributed by atoms with Crippen molar-refractivity contribution in [3.63, 3.8) is 0 Å². The summed E-state index contributed by atoms with van der Waals surface area (Å²) in [5, 5.41) is 1.03. The van der Waals surface area contributed by atoms with Gasteiger partial charge in [-0.15, -0.1) is 0 Å². The van der Waals surface area contributed by atoms with E-state index in [0.717, 1.165) is 47.4 Å². The average Bonchev–Trinajstić information content (AvgIpc) is 2.71. The second-order valence-electron chi connectivity index (χ2n) is 4.61. The van der Waals surface area contributed by atoms with Crippen molar-refractivity contribution >= 4 is 22.8 Å². The molecule has 1 aliphatic carbocycles. The van der Waals surface area contributed by atoms with Crippen molar-refractivity contribution in [2.24, 2.45) is 5.92 Å². The Morgan fingerprint density at radius 3 is 2.65 bits per heavy atom. The van der Waals surface area contributed by atoms with Crippen molar-refractivity contribution < 1.29 is 4.79 Å². The van der Waals surface area contributed by atoms with E-state index in [2.05, 4.69) is 16.8 Å². The largest absolute Gasteiger partial charge is 0.348 e. The molecule has 0 saturated heterocycles. The highest BCUT2D eigenvalue weighted by atomic mass is 32.1. The quantitative estimate of drug-likeness (QED) is 0.729. The van der Waals surface area contributed by atoms with Gasteiger partial charge in [-0.05, 0) is 32.1 Å². The molecule has 0 bridgehead atoms. The highest BCUT2D eigenvalue weighted by molar-refractivity contribution is 7.17. The summed E-state index contributed by atoms with van der Waals surface area (Å²) in [7, 11) is 0. The summed E-state index contributed by atoms with van der Waals surface area (Å²) >= 11 is 1.54. The summed E-state index contributed by atoms with van der Waals surface area (Å²) in [6.45, 7) is 6.29. The lowest BCUT2D eigenvalue weighted by molar-refractivity contribution is 0.112. The van der Waals surface area contributed by atoms with Crippen LogP contribution in [0.2, 0.25) is 0 Å². The van der Waals surface area contributed by atoms with Gasteiger partial charge in [0.1, 0.15) is 0 Å². The van der Waals surface area contributed by atoms with E-state index in [4.69, 9.17) is 0 Å². The van der Waals surface area contributed by atoms with Crippen molar-refractivity contribution in [1.82, 2.24) is 4.98 Å².